The van der Waals surface area contributed by atoms with Crippen LogP contribution in [0.2, 0.25) is 0 Å². The SMILES string of the molecule is CCCC1(C(=O)O)CCCN(Cc2csc(C)n2)C1. The molecule has 1 fully saturated rings. The van der Waals surface area contributed by atoms with E-state index >= 15 is 0 Å². The Bertz CT molecular complexity index is 442. The van der Waals surface area contributed by atoms with Gasteiger partial charge in [0.15, 0.2) is 0 Å². The Morgan fingerprint density at radius 1 is 1.63 bits per heavy atom. The van der Waals surface area contributed by atoms with Crippen LogP contribution in [0.1, 0.15) is 43.3 Å². The Morgan fingerprint density at radius 2 is 2.42 bits per heavy atom. The average molecular weight is 282 g/mol. The summed E-state index contributed by atoms with van der Waals surface area (Å²) in [6.45, 7) is 6.49. The van der Waals surface area contributed by atoms with Crippen molar-refractivity contribution in [3.63, 3.8) is 0 Å². The van der Waals surface area contributed by atoms with Crippen LogP contribution in [0.25, 0.3) is 0 Å². The predicted octanol–water partition coefficient (Wildman–Crippen LogP) is 2.92. The molecule has 1 aliphatic heterocycles. The first-order valence-electron chi connectivity index (χ1n) is 6.92. The molecule has 19 heavy (non-hydrogen) atoms. The van der Waals surface area contributed by atoms with Crippen LogP contribution in [0.5, 0.6) is 0 Å². The van der Waals surface area contributed by atoms with Crippen LogP contribution in [0.4, 0.5) is 0 Å². The molecule has 1 aromatic heterocycles. The summed E-state index contributed by atoms with van der Waals surface area (Å²) in [5, 5.41) is 12.7. The number of thiazole rings is 1. The van der Waals surface area contributed by atoms with E-state index in [0.717, 1.165) is 49.5 Å². The summed E-state index contributed by atoms with van der Waals surface area (Å²) in [7, 11) is 0. The molecule has 2 heterocycles. The highest BCUT2D eigenvalue weighted by atomic mass is 32.1. The molecule has 0 aliphatic carbocycles. The third-order valence-corrected chi connectivity index (χ3v) is 4.71. The molecule has 1 atom stereocenters. The first kappa shape index (κ1) is 14.5. The van der Waals surface area contributed by atoms with Gasteiger partial charge >= 0.3 is 5.97 Å². The molecule has 0 bridgehead atoms. The Labute approximate surface area is 118 Å². The molecule has 4 nitrogen and oxygen atoms in total. The number of hydrogen-bond donors (Lipinski definition) is 1. The second-order valence-electron chi connectivity index (χ2n) is 5.51. The number of nitrogens with zero attached hydrogens (tertiary/aromatic N) is 2. The summed E-state index contributed by atoms with van der Waals surface area (Å²) in [5.74, 6) is -0.631. The van der Waals surface area contributed by atoms with Gasteiger partial charge in [-0.05, 0) is 32.7 Å². The standard InChI is InChI=1S/C14H22N2O2S/c1-3-5-14(13(17)18)6-4-7-16(10-14)8-12-9-19-11(2)15-12/h9H,3-8,10H2,1-2H3,(H,17,18). The monoisotopic (exact) mass is 282 g/mol. The van der Waals surface area contributed by atoms with Gasteiger partial charge in [0.2, 0.25) is 0 Å². The summed E-state index contributed by atoms with van der Waals surface area (Å²) in [5.41, 5.74) is 0.526. The zero-order valence-electron chi connectivity index (χ0n) is 11.7. The van der Waals surface area contributed by atoms with Gasteiger partial charge in [0.25, 0.3) is 0 Å². The van der Waals surface area contributed by atoms with E-state index in [1.807, 2.05) is 6.92 Å². The van der Waals surface area contributed by atoms with Crippen LogP contribution in [-0.2, 0) is 11.3 Å². The van der Waals surface area contributed by atoms with E-state index in [1.165, 1.54) is 0 Å². The zero-order valence-corrected chi connectivity index (χ0v) is 12.5. The molecule has 1 saturated heterocycles. The summed E-state index contributed by atoms with van der Waals surface area (Å²) in [6.07, 6.45) is 3.48. The van der Waals surface area contributed by atoms with Gasteiger partial charge in [-0.2, -0.15) is 0 Å². The van der Waals surface area contributed by atoms with Crippen molar-refractivity contribution in [1.82, 2.24) is 9.88 Å². The first-order valence-corrected chi connectivity index (χ1v) is 7.80. The van der Waals surface area contributed by atoms with E-state index in [1.54, 1.807) is 11.3 Å². The number of carbonyl (C=O) groups is 1. The maximum atomic E-state index is 11.6. The van der Waals surface area contributed by atoms with Crippen molar-refractivity contribution in [3.8, 4) is 0 Å². The van der Waals surface area contributed by atoms with E-state index in [9.17, 15) is 9.90 Å². The predicted molar refractivity (Wildman–Crippen MR) is 76.3 cm³/mol. The number of aromatic nitrogens is 1. The van der Waals surface area contributed by atoms with Crippen molar-refractivity contribution < 1.29 is 9.90 Å². The fraction of sp³-hybridized carbons (Fsp3) is 0.714. The van der Waals surface area contributed by atoms with E-state index in [4.69, 9.17) is 0 Å². The highest BCUT2D eigenvalue weighted by Gasteiger charge is 2.41. The fourth-order valence-corrected chi connectivity index (χ4v) is 3.64. The summed E-state index contributed by atoms with van der Waals surface area (Å²) >= 11 is 1.66. The van der Waals surface area contributed by atoms with Crippen molar-refractivity contribution in [1.29, 1.82) is 0 Å². The third kappa shape index (κ3) is 3.34. The lowest BCUT2D eigenvalue weighted by atomic mass is 9.76. The van der Waals surface area contributed by atoms with Crippen molar-refractivity contribution in [2.75, 3.05) is 13.1 Å². The third-order valence-electron chi connectivity index (χ3n) is 3.89. The van der Waals surface area contributed by atoms with Crippen LogP contribution < -0.4 is 0 Å². The minimum atomic E-state index is -0.631. The lowest BCUT2D eigenvalue weighted by molar-refractivity contribution is -0.153. The number of carboxylic acids is 1. The quantitative estimate of drug-likeness (QED) is 0.902. The topological polar surface area (TPSA) is 53.4 Å². The number of aryl methyl sites for hydroxylation is 1. The maximum absolute atomic E-state index is 11.6. The van der Waals surface area contributed by atoms with Gasteiger partial charge in [-0.3, -0.25) is 9.69 Å². The first-order chi connectivity index (χ1) is 9.05. The second kappa shape index (κ2) is 6.01. The van der Waals surface area contributed by atoms with Gasteiger partial charge in [0, 0.05) is 18.5 Å². The number of likely N-dealkylation sites (tertiary alicyclic amines) is 1. The van der Waals surface area contributed by atoms with Crippen molar-refractivity contribution in [2.24, 2.45) is 5.41 Å². The van der Waals surface area contributed by atoms with Gasteiger partial charge in [-0.1, -0.05) is 13.3 Å². The van der Waals surface area contributed by atoms with Gasteiger partial charge in [0.05, 0.1) is 16.1 Å². The lowest BCUT2D eigenvalue weighted by Crippen LogP contribution is -2.47. The average Bonchev–Trinajstić information content (AvgIpc) is 2.75. The largest absolute Gasteiger partial charge is 0.481 e. The molecular weight excluding hydrogens is 260 g/mol. The molecule has 0 aromatic carbocycles. The van der Waals surface area contributed by atoms with Gasteiger partial charge in [-0.15, -0.1) is 11.3 Å². The van der Waals surface area contributed by atoms with Crippen molar-refractivity contribution in [2.45, 2.75) is 46.1 Å². The number of rotatable bonds is 5. The summed E-state index contributed by atoms with van der Waals surface area (Å²) in [4.78, 5) is 18.4. The molecule has 1 N–H and O–H groups in total. The normalized spacial score (nSPS) is 24.5. The molecule has 1 aliphatic rings. The van der Waals surface area contributed by atoms with Crippen molar-refractivity contribution in [3.05, 3.63) is 16.1 Å². The highest BCUT2D eigenvalue weighted by Crippen LogP contribution is 2.35. The van der Waals surface area contributed by atoms with Gasteiger partial charge < -0.3 is 5.11 Å². The Balaban J connectivity index is 2.05. The molecule has 5 heteroatoms. The number of hydrogen-bond acceptors (Lipinski definition) is 4. The Hall–Kier alpha value is -0.940. The number of piperidine rings is 1. The smallest absolute Gasteiger partial charge is 0.310 e. The van der Waals surface area contributed by atoms with Crippen LogP contribution in [-0.4, -0.2) is 34.0 Å². The molecule has 106 valence electrons. The number of carboxylic acid groups (broad SMARTS) is 1. The zero-order chi connectivity index (χ0) is 13.9. The fourth-order valence-electron chi connectivity index (χ4n) is 3.04. The summed E-state index contributed by atoms with van der Waals surface area (Å²) in [6, 6.07) is 0. The molecule has 1 aromatic rings. The van der Waals surface area contributed by atoms with E-state index in [2.05, 4.69) is 22.2 Å². The summed E-state index contributed by atoms with van der Waals surface area (Å²) < 4.78 is 0. The Morgan fingerprint density at radius 3 is 3.00 bits per heavy atom. The molecular formula is C14H22N2O2S. The molecule has 0 radical (unpaired) electrons. The van der Waals surface area contributed by atoms with E-state index < -0.39 is 11.4 Å². The van der Waals surface area contributed by atoms with Gasteiger partial charge in [0.1, 0.15) is 0 Å². The van der Waals surface area contributed by atoms with Crippen LogP contribution in [0.3, 0.4) is 0 Å². The van der Waals surface area contributed by atoms with E-state index in [0.29, 0.717) is 6.54 Å². The van der Waals surface area contributed by atoms with Crippen molar-refractivity contribution >= 4 is 17.3 Å². The van der Waals surface area contributed by atoms with Gasteiger partial charge in [-0.25, -0.2) is 4.98 Å². The van der Waals surface area contributed by atoms with E-state index in [-0.39, 0.29) is 0 Å². The van der Waals surface area contributed by atoms with Crippen LogP contribution in [0.15, 0.2) is 5.38 Å². The number of aliphatic carboxylic acids is 1. The van der Waals surface area contributed by atoms with Crippen LogP contribution in [0, 0.1) is 12.3 Å². The second-order valence-corrected chi connectivity index (χ2v) is 6.57. The minimum absolute atomic E-state index is 0.544. The molecule has 1 unspecified atom stereocenters. The highest BCUT2D eigenvalue weighted by molar-refractivity contribution is 7.09. The van der Waals surface area contributed by atoms with Crippen LogP contribution >= 0.6 is 11.3 Å². The Kier molecular flexibility index (Phi) is 4.58. The maximum Gasteiger partial charge on any atom is 0.310 e. The molecule has 0 amide bonds. The molecule has 0 spiro atoms. The molecule has 0 saturated carbocycles. The minimum Gasteiger partial charge on any atom is -0.481 e. The lowest BCUT2D eigenvalue weighted by Gasteiger charge is -2.39. The molecule has 2 rings (SSSR count).